The Morgan fingerprint density at radius 1 is 1.67 bits per heavy atom. The van der Waals surface area contributed by atoms with Gasteiger partial charge in [-0.3, -0.25) is 0 Å². The summed E-state index contributed by atoms with van der Waals surface area (Å²) in [6.45, 7) is -0.251. The van der Waals surface area contributed by atoms with Crippen molar-refractivity contribution in [2.24, 2.45) is 0 Å². The molecule has 0 bridgehead atoms. The number of hydrogen-bond acceptors (Lipinski definition) is 3. The lowest BCUT2D eigenvalue weighted by Crippen LogP contribution is -2.05. The number of anilines is 2. The lowest BCUT2D eigenvalue weighted by Gasteiger charge is -2.04. The van der Waals surface area contributed by atoms with E-state index >= 15 is 0 Å². The molecule has 0 saturated heterocycles. The first-order valence-corrected chi connectivity index (χ1v) is 3.82. The molecule has 1 rings (SSSR count). The van der Waals surface area contributed by atoms with Gasteiger partial charge in [-0.15, -0.1) is 0 Å². The predicted molar refractivity (Wildman–Crippen MR) is 48.1 cm³/mol. The number of halogens is 2. The van der Waals surface area contributed by atoms with Crippen molar-refractivity contribution in [1.29, 1.82) is 0 Å². The van der Waals surface area contributed by atoms with Gasteiger partial charge in [-0.25, -0.2) is 9.37 Å². The molecule has 0 radical (unpaired) electrons. The van der Waals surface area contributed by atoms with Gasteiger partial charge in [0, 0.05) is 6.54 Å². The SMILES string of the molecule is Nc1cnc(NCCF)c(Cl)c1. The van der Waals surface area contributed by atoms with Gasteiger partial charge in [0.2, 0.25) is 0 Å². The third-order valence-electron chi connectivity index (χ3n) is 1.25. The lowest BCUT2D eigenvalue weighted by molar-refractivity contribution is 0.512. The van der Waals surface area contributed by atoms with E-state index in [2.05, 4.69) is 10.3 Å². The van der Waals surface area contributed by atoms with Crippen molar-refractivity contribution in [3.05, 3.63) is 17.3 Å². The molecule has 1 aromatic heterocycles. The molecule has 12 heavy (non-hydrogen) atoms. The van der Waals surface area contributed by atoms with Crippen molar-refractivity contribution in [2.75, 3.05) is 24.3 Å². The second-order valence-electron chi connectivity index (χ2n) is 2.21. The molecule has 0 aliphatic rings. The second-order valence-corrected chi connectivity index (χ2v) is 2.62. The monoisotopic (exact) mass is 189 g/mol. The van der Waals surface area contributed by atoms with E-state index in [0.717, 1.165) is 0 Å². The normalized spacial score (nSPS) is 9.83. The van der Waals surface area contributed by atoms with Gasteiger partial charge in [0.1, 0.15) is 12.5 Å². The van der Waals surface area contributed by atoms with Gasteiger partial charge in [-0.1, -0.05) is 11.6 Å². The minimum atomic E-state index is -0.456. The number of nitrogens with two attached hydrogens (primary N) is 1. The Kier molecular flexibility index (Phi) is 3.10. The van der Waals surface area contributed by atoms with Crippen LogP contribution < -0.4 is 11.1 Å². The van der Waals surface area contributed by atoms with Gasteiger partial charge < -0.3 is 11.1 Å². The molecule has 0 atom stereocenters. The third-order valence-corrected chi connectivity index (χ3v) is 1.54. The molecule has 0 saturated carbocycles. The quantitative estimate of drug-likeness (QED) is 0.761. The molecule has 0 spiro atoms. The van der Waals surface area contributed by atoms with Crippen LogP contribution >= 0.6 is 11.6 Å². The summed E-state index contributed by atoms with van der Waals surface area (Å²) < 4.78 is 11.7. The fourth-order valence-electron chi connectivity index (χ4n) is 0.748. The van der Waals surface area contributed by atoms with Gasteiger partial charge in [-0.05, 0) is 6.07 Å². The molecule has 3 nitrogen and oxygen atoms in total. The summed E-state index contributed by atoms with van der Waals surface area (Å²) in [4.78, 5) is 3.88. The van der Waals surface area contributed by atoms with E-state index in [-0.39, 0.29) is 6.54 Å². The molecule has 0 fully saturated rings. The zero-order chi connectivity index (χ0) is 8.97. The van der Waals surface area contributed by atoms with Crippen LogP contribution in [0, 0.1) is 0 Å². The van der Waals surface area contributed by atoms with E-state index in [4.69, 9.17) is 17.3 Å². The van der Waals surface area contributed by atoms with Crippen LogP contribution in [0.1, 0.15) is 0 Å². The number of hydrogen-bond donors (Lipinski definition) is 2. The number of nitrogens with one attached hydrogen (secondary N) is 1. The number of rotatable bonds is 3. The maximum absolute atomic E-state index is 11.7. The van der Waals surface area contributed by atoms with Crippen LogP contribution in [-0.4, -0.2) is 18.2 Å². The van der Waals surface area contributed by atoms with Gasteiger partial charge in [0.15, 0.2) is 0 Å². The Morgan fingerprint density at radius 2 is 2.42 bits per heavy atom. The average Bonchev–Trinajstić information content (AvgIpc) is 2.03. The molecular formula is C7H9ClFN3. The van der Waals surface area contributed by atoms with Crippen LogP contribution in [0.2, 0.25) is 5.02 Å². The fourth-order valence-corrected chi connectivity index (χ4v) is 0.990. The number of alkyl halides is 1. The lowest BCUT2D eigenvalue weighted by atomic mass is 10.4. The molecule has 1 aromatic rings. The minimum Gasteiger partial charge on any atom is -0.397 e. The fraction of sp³-hybridized carbons (Fsp3) is 0.286. The van der Waals surface area contributed by atoms with Crippen molar-refractivity contribution in [1.82, 2.24) is 4.98 Å². The molecule has 0 aliphatic heterocycles. The molecule has 0 unspecified atom stereocenters. The summed E-state index contributed by atoms with van der Waals surface area (Å²) in [5, 5.41) is 3.12. The smallest absolute Gasteiger partial charge is 0.145 e. The largest absolute Gasteiger partial charge is 0.397 e. The van der Waals surface area contributed by atoms with Crippen molar-refractivity contribution in [3.63, 3.8) is 0 Å². The third kappa shape index (κ3) is 2.23. The summed E-state index contributed by atoms with van der Waals surface area (Å²) in [5.74, 6) is 0.462. The van der Waals surface area contributed by atoms with Crippen LogP contribution in [0.5, 0.6) is 0 Å². The summed E-state index contributed by atoms with van der Waals surface area (Å²) >= 11 is 5.74. The molecule has 0 amide bonds. The van der Waals surface area contributed by atoms with E-state index in [1.54, 1.807) is 6.07 Å². The maximum Gasteiger partial charge on any atom is 0.145 e. The molecule has 0 aromatic carbocycles. The van der Waals surface area contributed by atoms with E-state index in [1.165, 1.54) is 6.20 Å². The highest BCUT2D eigenvalue weighted by atomic mass is 35.5. The Labute approximate surface area is 74.7 Å². The van der Waals surface area contributed by atoms with Gasteiger partial charge in [0.05, 0.1) is 16.9 Å². The molecule has 3 N–H and O–H groups in total. The second kappa shape index (κ2) is 4.11. The average molecular weight is 190 g/mol. The van der Waals surface area contributed by atoms with Crippen LogP contribution in [0.15, 0.2) is 12.3 Å². The van der Waals surface area contributed by atoms with Crippen molar-refractivity contribution < 1.29 is 4.39 Å². The molecule has 0 aliphatic carbocycles. The maximum atomic E-state index is 11.7. The van der Waals surface area contributed by atoms with Crippen LogP contribution in [-0.2, 0) is 0 Å². The van der Waals surface area contributed by atoms with E-state index in [0.29, 0.717) is 16.5 Å². The van der Waals surface area contributed by atoms with Crippen LogP contribution in [0.25, 0.3) is 0 Å². The van der Waals surface area contributed by atoms with Crippen LogP contribution in [0.3, 0.4) is 0 Å². The van der Waals surface area contributed by atoms with E-state index in [9.17, 15) is 4.39 Å². The van der Waals surface area contributed by atoms with Gasteiger partial charge >= 0.3 is 0 Å². The first-order valence-electron chi connectivity index (χ1n) is 3.45. The summed E-state index contributed by atoms with van der Waals surface area (Å²) in [7, 11) is 0. The first-order chi connectivity index (χ1) is 5.74. The zero-order valence-electron chi connectivity index (χ0n) is 6.35. The minimum absolute atomic E-state index is 0.205. The number of aromatic nitrogens is 1. The van der Waals surface area contributed by atoms with Gasteiger partial charge in [0.25, 0.3) is 0 Å². The van der Waals surface area contributed by atoms with Crippen molar-refractivity contribution in [2.45, 2.75) is 0 Å². The number of nitrogen functional groups attached to an aromatic ring is 1. The molecular weight excluding hydrogens is 181 g/mol. The van der Waals surface area contributed by atoms with Crippen LogP contribution in [0.4, 0.5) is 15.9 Å². The summed E-state index contributed by atoms with van der Waals surface area (Å²) in [5.41, 5.74) is 5.90. The highest BCUT2D eigenvalue weighted by Crippen LogP contribution is 2.20. The Morgan fingerprint density at radius 3 is 3.00 bits per heavy atom. The van der Waals surface area contributed by atoms with E-state index in [1.807, 2.05) is 0 Å². The Balaban J connectivity index is 2.72. The zero-order valence-corrected chi connectivity index (χ0v) is 7.11. The predicted octanol–water partition coefficient (Wildman–Crippen LogP) is 1.70. The van der Waals surface area contributed by atoms with E-state index < -0.39 is 6.67 Å². The number of pyridine rings is 1. The summed E-state index contributed by atoms with van der Waals surface area (Å²) in [6, 6.07) is 1.56. The van der Waals surface area contributed by atoms with Gasteiger partial charge in [-0.2, -0.15) is 0 Å². The molecule has 66 valence electrons. The molecule has 1 heterocycles. The highest BCUT2D eigenvalue weighted by molar-refractivity contribution is 6.33. The first kappa shape index (κ1) is 9.06. The molecule has 5 heteroatoms. The number of nitrogens with zero attached hydrogens (tertiary/aromatic N) is 1. The Bertz CT molecular complexity index is 267. The van der Waals surface area contributed by atoms with Crippen molar-refractivity contribution >= 4 is 23.1 Å². The van der Waals surface area contributed by atoms with Crippen molar-refractivity contribution in [3.8, 4) is 0 Å². The summed E-state index contributed by atoms with van der Waals surface area (Å²) in [6.07, 6.45) is 1.46. The topological polar surface area (TPSA) is 50.9 Å². The standard InChI is InChI=1S/C7H9ClFN3/c8-6-3-5(10)4-12-7(6)11-2-1-9/h3-4H,1-2,10H2,(H,11,12). The Hall–Kier alpha value is -1.03. The highest BCUT2D eigenvalue weighted by Gasteiger charge is 2.00.